The molecule has 0 saturated carbocycles. The van der Waals surface area contributed by atoms with E-state index in [4.69, 9.17) is 21.1 Å². The second-order valence-electron chi connectivity index (χ2n) is 16.3. The number of pyridine rings is 1. The first-order valence-corrected chi connectivity index (χ1v) is 23.2. The van der Waals surface area contributed by atoms with Crippen LogP contribution in [0.25, 0.3) is 33.3 Å². The average Bonchev–Trinajstić information content (AvgIpc) is 3.76. The Kier molecular flexibility index (Phi) is 12.3. The minimum Gasteiger partial charge on any atom is -0.377 e. The van der Waals surface area contributed by atoms with Crippen LogP contribution in [-0.2, 0) is 26.5 Å². The molecule has 2 aliphatic heterocycles. The number of ether oxygens (including phenoxy) is 2. The standard InChI is InChI=1S/C45H48ClN9O8S/c1-51-45(57)42-41(23-30-15-16-47-43(30)49-42)54(51)39-24-33(53-19-17-52(18-20-53)27-31-5-3-2-4-6-36(31)29-7-9-32(46)10-8-29)11-13-37(39)44(56)50-64(60,61)35-12-14-38(40(25-35)55(58)59)48-26-34-28-62-21-22-63-34/h7-16,23-25,34,48H,2-6,17-22,26-28H2,1H3,(H,47,49)(H,50,56). The number of benzene rings is 3. The third kappa shape index (κ3) is 8.88. The molecule has 3 aromatic carbocycles. The molecule has 1 amide bonds. The number of nitro groups is 1. The van der Waals surface area contributed by atoms with Crippen molar-refractivity contribution in [2.45, 2.75) is 43.1 Å². The Morgan fingerprint density at radius 1 is 0.984 bits per heavy atom. The van der Waals surface area contributed by atoms with E-state index in [0.717, 1.165) is 67.5 Å². The number of nitrogens with zero attached hydrogens (tertiary/aromatic N) is 6. The number of halogens is 1. The Labute approximate surface area is 373 Å². The van der Waals surface area contributed by atoms with E-state index in [0.29, 0.717) is 44.1 Å². The van der Waals surface area contributed by atoms with E-state index in [2.05, 4.69) is 41.9 Å². The Morgan fingerprint density at radius 3 is 2.55 bits per heavy atom. The summed E-state index contributed by atoms with van der Waals surface area (Å²) in [4.78, 5) is 51.3. The first-order valence-electron chi connectivity index (χ1n) is 21.4. The Hall–Kier alpha value is -6.05. The molecule has 17 nitrogen and oxygen atoms in total. The SMILES string of the molecule is Cn1c(=O)c2nc3[nH]ccc3cc2n1-c1cc(N2CCN(CC3=C(c4ccc(Cl)cc4)CCCCC3)CC2)ccc1C(=O)NS(=O)(=O)c1ccc(NCC2COCCO2)c([N+](=O)[O-])c1. The molecule has 2 fully saturated rings. The van der Waals surface area contributed by atoms with Crippen molar-refractivity contribution >= 4 is 72.2 Å². The molecule has 64 heavy (non-hydrogen) atoms. The summed E-state index contributed by atoms with van der Waals surface area (Å²) >= 11 is 6.23. The fraction of sp³-hybridized carbons (Fsp3) is 0.356. The molecule has 3 aromatic heterocycles. The van der Waals surface area contributed by atoms with Crippen LogP contribution in [0.3, 0.4) is 0 Å². The lowest BCUT2D eigenvalue weighted by Gasteiger charge is -2.37. The van der Waals surface area contributed by atoms with Gasteiger partial charge in [0.15, 0.2) is 5.52 Å². The molecular formula is C45H48ClN9O8S. The number of sulfonamides is 1. The summed E-state index contributed by atoms with van der Waals surface area (Å²) in [7, 11) is -3.09. The molecule has 3 aliphatic rings. The smallest absolute Gasteiger partial charge is 0.293 e. The van der Waals surface area contributed by atoms with Crippen LogP contribution in [0, 0.1) is 10.1 Å². The number of carbonyl (C=O) groups is 1. The number of H-pyrrole nitrogens is 1. The van der Waals surface area contributed by atoms with E-state index in [9.17, 15) is 28.1 Å². The van der Waals surface area contributed by atoms with Gasteiger partial charge in [-0.05, 0) is 91.4 Å². The summed E-state index contributed by atoms with van der Waals surface area (Å²) < 4.78 is 43.8. The fourth-order valence-corrected chi connectivity index (χ4v) is 10.0. The van der Waals surface area contributed by atoms with E-state index in [1.165, 1.54) is 39.9 Å². The second-order valence-corrected chi connectivity index (χ2v) is 18.5. The van der Waals surface area contributed by atoms with E-state index in [-0.39, 0.29) is 35.1 Å². The van der Waals surface area contributed by atoms with Gasteiger partial charge >= 0.3 is 0 Å². The quantitative estimate of drug-likeness (QED) is 0.0923. The van der Waals surface area contributed by atoms with Crippen LogP contribution in [0.4, 0.5) is 17.1 Å². The highest BCUT2D eigenvalue weighted by atomic mass is 35.5. The number of nitro benzene ring substituents is 1. The molecule has 6 aromatic rings. The van der Waals surface area contributed by atoms with Crippen molar-refractivity contribution in [3.63, 3.8) is 0 Å². The maximum atomic E-state index is 14.3. The predicted octanol–water partition coefficient (Wildman–Crippen LogP) is 6.25. The molecule has 1 atom stereocenters. The molecule has 0 radical (unpaired) electrons. The number of fused-ring (bicyclic) bond motifs is 2. The van der Waals surface area contributed by atoms with Gasteiger partial charge in [0.1, 0.15) is 11.3 Å². The molecule has 2 saturated heterocycles. The number of hydrogen-bond acceptors (Lipinski definition) is 12. The summed E-state index contributed by atoms with van der Waals surface area (Å²) in [6.45, 7) is 5.18. The lowest BCUT2D eigenvalue weighted by atomic mass is 9.95. The molecule has 0 bridgehead atoms. The Morgan fingerprint density at radius 2 is 1.78 bits per heavy atom. The Bertz CT molecular complexity index is 2950. The van der Waals surface area contributed by atoms with E-state index < -0.39 is 37.0 Å². The monoisotopic (exact) mass is 909 g/mol. The van der Waals surface area contributed by atoms with Gasteiger partial charge in [-0.1, -0.05) is 35.7 Å². The van der Waals surface area contributed by atoms with Crippen molar-refractivity contribution in [1.82, 2.24) is 29.0 Å². The topological polar surface area (TPSA) is 199 Å². The van der Waals surface area contributed by atoms with Crippen molar-refractivity contribution in [2.75, 3.05) is 69.3 Å². The van der Waals surface area contributed by atoms with Crippen molar-refractivity contribution < 1.29 is 27.6 Å². The molecule has 5 heterocycles. The van der Waals surface area contributed by atoms with Gasteiger partial charge in [0.05, 0.1) is 52.5 Å². The van der Waals surface area contributed by atoms with Gasteiger partial charge in [0.25, 0.3) is 27.2 Å². The van der Waals surface area contributed by atoms with Gasteiger partial charge in [-0.25, -0.2) is 27.5 Å². The predicted molar refractivity (Wildman–Crippen MR) is 245 cm³/mol. The van der Waals surface area contributed by atoms with Crippen molar-refractivity contribution in [1.29, 1.82) is 0 Å². The fourth-order valence-electron chi connectivity index (χ4n) is 8.92. The van der Waals surface area contributed by atoms with E-state index >= 15 is 0 Å². The van der Waals surface area contributed by atoms with Crippen LogP contribution >= 0.6 is 11.6 Å². The Balaban J connectivity index is 1.01. The van der Waals surface area contributed by atoms with Crippen LogP contribution in [0.15, 0.2) is 94.3 Å². The summed E-state index contributed by atoms with van der Waals surface area (Å²) in [5, 5.41) is 16.5. The number of anilines is 2. The largest absolute Gasteiger partial charge is 0.377 e. The second kappa shape index (κ2) is 18.2. The zero-order chi connectivity index (χ0) is 44.5. The van der Waals surface area contributed by atoms with Crippen LogP contribution in [0.5, 0.6) is 0 Å². The minimum atomic E-state index is -4.65. The van der Waals surface area contributed by atoms with Gasteiger partial charge in [-0.15, -0.1) is 0 Å². The molecule has 334 valence electrons. The highest BCUT2D eigenvalue weighted by molar-refractivity contribution is 7.90. The van der Waals surface area contributed by atoms with Crippen LogP contribution in [0.1, 0.15) is 48.0 Å². The van der Waals surface area contributed by atoms with E-state index in [1.54, 1.807) is 42.2 Å². The molecule has 9 rings (SSSR count). The van der Waals surface area contributed by atoms with E-state index in [1.807, 2.05) is 18.2 Å². The molecule has 19 heteroatoms. The number of aromatic amines is 1. The lowest BCUT2D eigenvalue weighted by Crippen LogP contribution is -2.47. The average molecular weight is 910 g/mol. The van der Waals surface area contributed by atoms with Gasteiger partial charge in [0.2, 0.25) is 0 Å². The van der Waals surface area contributed by atoms with Gasteiger partial charge in [-0.2, -0.15) is 0 Å². The van der Waals surface area contributed by atoms with Crippen molar-refractivity contribution in [3.05, 3.63) is 121 Å². The summed E-state index contributed by atoms with van der Waals surface area (Å²) in [6, 6.07) is 20.2. The summed E-state index contributed by atoms with van der Waals surface area (Å²) in [5.74, 6) is -0.996. The normalized spacial score (nSPS) is 17.8. The number of rotatable bonds is 12. The van der Waals surface area contributed by atoms with Crippen molar-refractivity contribution in [3.8, 4) is 5.69 Å². The number of hydrogen-bond donors (Lipinski definition) is 3. The van der Waals surface area contributed by atoms with Gasteiger partial charge < -0.3 is 24.7 Å². The van der Waals surface area contributed by atoms with Gasteiger partial charge in [-0.3, -0.25) is 24.6 Å². The molecule has 0 spiro atoms. The molecule has 3 N–H and O–H groups in total. The number of nitrogens with one attached hydrogen (secondary N) is 3. The number of amides is 1. The van der Waals surface area contributed by atoms with Crippen LogP contribution in [-0.4, -0.2) is 109 Å². The van der Waals surface area contributed by atoms with Crippen LogP contribution < -0.4 is 20.5 Å². The molecular weight excluding hydrogens is 862 g/mol. The van der Waals surface area contributed by atoms with Crippen molar-refractivity contribution in [2.24, 2.45) is 7.05 Å². The number of aromatic nitrogens is 4. The third-order valence-corrected chi connectivity index (χ3v) is 13.9. The summed E-state index contributed by atoms with van der Waals surface area (Å²) in [6.07, 6.45) is 6.99. The highest BCUT2D eigenvalue weighted by Crippen LogP contribution is 2.34. The number of carbonyl (C=O) groups excluding carboxylic acids is 1. The maximum absolute atomic E-state index is 14.3. The van der Waals surface area contributed by atoms with Gasteiger partial charge in [0, 0.05) is 74.7 Å². The first kappa shape index (κ1) is 43.2. The molecule has 1 unspecified atom stereocenters. The lowest BCUT2D eigenvalue weighted by molar-refractivity contribution is -0.384. The number of allylic oxidation sites excluding steroid dienone is 1. The first-order chi connectivity index (χ1) is 30.9. The zero-order valence-electron chi connectivity index (χ0n) is 35.2. The summed E-state index contributed by atoms with van der Waals surface area (Å²) in [5.41, 5.74) is 5.33. The third-order valence-electron chi connectivity index (χ3n) is 12.3. The number of piperazine rings is 1. The minimum absolute atomic E-state index is 0.0508. The molecule has 1 aliphatic carbocycles. The van der Waals surface area contributed by atoms with Crippen LogP contribution in [0.2, 0.25) is 5.02 Å². The zero-order valence-corrected chi connectivity index (χ0v) is 36.8. The highest BCUT2D eigenvalue weighted by Gasteiger charge is 2.29. The maximum Gasteiger partial charge on any atom is 0.293 e.